The number of likely N-dealkylation sites (N-methyl/N-ethyl adjacent to an activating group) is 2. The molecular weight excluding hydrogens is 378 g/mol. The van der Waals surface area contributed by atoms with Crippen molar-refractivity contribution in [3.8, 4) is 0 Å². The summed E-state index contributed by atoms with van der Waals surface area (Å²) in [6, 6.07) is 0. The van der Waals surface area contributed by atoms with Gasteiger partial charge >= 0.3 is 0 Å². The van der Waals surface area contributed by atoms with Crippen molar-refractivity contribution in [3.63, 3.8) is 0 Å². The quantitative estimate of drug-likeness (QED) is 0.150. The minimum Gasteiger partial charge on any atom is -0.330 e. The van der Waals surface area contributed by atoms with Gasteiger partial charge in [-0.3, -0.25) is 4.90 Å². The molecule has 3 nitrogen and oxygen atoms in total. The molecular formula is C28H61N3+2. The van der Waals surface area contributed by atoms with Gasteiger partial charge in [-0.1, -0.05) is 96.8 Å². The van der Waals surface area contributed by atoms with Gasteiger partial charge < -0.3 is 8.97 Å². The highest BCUT2D eigenvalue weighted by Gasteiger charge is 2.28. The van der Waals surface area contributed by atoms with Gasteiger partial charge in [0.15, 0.2) is 0 Å². The molecule has 1 aliphatic rings. The Morgan fingerprint density at radius 2 is 1.00 bits per heavy atom. The Balaban J connectivity index is 1.85. The molecule has 0 aromatic rings. The van der Waals surface area contributed by atoms with Crippen molar-refractivity contribution in [2.45, 2.75) is 110 Å². The number of unbranched alkanes of at least 4 members (excludes halogenated alkanes) is 15. The highest BCUT2D eigenvalue weighted by Crippen LogP contribution is 2.16. The molecule has 0 bridgehead atoms. The van der Waals surface area contributed by atoms with Crippen LogP contribution in [0, 0.1) is 0 Å². The van der Waals surface area contributed by atoms with Gasteiger partial charge in [-0.05, 0) is 12.8 Å². The van der Waals surface area contributed by atoms with E-state index in [0.29, 0.717) is 0 Å². The SMILES string of the molecule is CCCCCCCCCCCCCCCCCC[N+]1(C)CCN(CC[N+](C)(C)C)CC1. The zero-order valence-electron chi connectivity index (χ0n) is 22.6. The molecule has 0 amide bonds. The maximum Gasteiger partial charge on any atom is 0.0914 e. The van der Waals surface area contributed by atoms with Gasteiger partial charge in [0.05, 0.1) is 54.4 Å². The summed E-state index contributed by atoms with van der Waals surface area (Å²) in [5, 5.41) is 0. The molecule has 0 aromatic heterocycles. The summed E-state index contributed by atoms with van der Waals surface area (Å²) >= 11 is 0. The Bertz CT molecular complexity index is 394. The first-order valence-electron chi connectivity index (χ1n) is 14.2. The fraction of sp³-hybridized carbons (Fsp3) is 1.00. The van der Waals surface area contributed by atoms with Gasteiger partial charge in [-0.25, -0.2) is 0 Å². The smallest absolute Gasteiger partial charge is 0.0914 e. The number of rotatable bonds is 20. The lowest BCUT2D eigenvalue weighted by Crippen LogP contribution is -2.58. The van der Waals surface area contributed by atoms with E-state index in [-0.39, 0.29) is 0 Å². The van der Waals surface area contributed by atoms with Crippen LogP contribution in [-0.4, -0.2) is 87.9 Å². The summed E-state index contributed by atoms with van der Waals surface area (Å²) in [7, 11) is 9.42. The second kappa shape index (κ2) is 17.4. The lowest BCUT2D eigenvalue weighted by molar-refractivity contribution is -0.914. The monoisotopic (exact) mass is 439 g/mol. The molecule has 1 rings (SSSR count). The molecule has 0 aromatic carbocycles. The second-order valence-corrected chi connectivity index (χ2v) is 11.9. The fourth-order valence-electron chi connectivity index (χ4n) is 4.92. The molecule has 0 N–H and O–H groups in total. The maximum absolute atomic E-state index is 2.69. The van der Waals surface area contributed by atoms with E-state index in [4.69, 9.17) is 0 Å². The Labute approximate surface area is 197 Å². The van der Waals surface area contributed by atoms with Gasteiger partial charge in [-0.15, -0.1) is 0 Å². The number of nitrogens with zero attached hydrogens (tertiary/aromatic N) is 3. The summed E-state index contributed by atoms with van der Waals surface area (Å²) in [6.07, 6.45) is 23.4. The summed E-state index contributed by atoms with van der Waals surface area (Å²) in [6.45, 7) is 11.6. The number of piperazine rings is 1. The van der Waals surface area contributed by atoms with E-state index in [1.54, 1.807) is 0 Å². The van der Waals surface area contributed by atoms with Crippen molar-refractivity contribution in [1.29, 1.82) is 0 Å². The van der Waals surface area contributed by atoms with E-state index in [1.165, 1.54) is 153 Å². The molecule has 1 heterocycles. The third kappa shape index (κ3) is 17.1. The first kappa shape index (κ1) is 28.9. The molecule has 31 heavy (non-hydrogen) atoms. The second-order valence-electron chi connectivity index (χ2n) is 11.9. The summed E-state index contributed by atoms with van der Waals surface area (Å²) in [4.78, 5) is 2.69. The Morgan fingerprint density at radius 3 is 1.39 bits per heavy atom. The number of hydrogen-bond acceptors (Lipinski definition) is 1. The van der Waals surface area contributed by atoms with Crippen molar-refractivity contribution in [2.24, 2.45) is 0 Å². The largest absolute Gasteiger partial charge is 0.330 e. The third-order valence-electron chi connectivity index (χ3n) is 7.55. The van der Waals surface area contributed by atoms with Crippen molar-refractivity contribution < 1.29 is 8.97 Å². The molecule has 0 aliphatic carbocycles. The summed E-state index contributed by atoms with van der Waals surface area (Å²) < 4.78 is 2.40. The predicted molar refractivity (Wildman–Crippen MR) is 140 cm³/mol. The molecule has 0 spiro atoms. The van der Waals surface area contributed by atoms with Crippen LogP contribution in [0.5, 0.6) is 0 Å². The van der Waals surface area contributed by atoms with E-state index >= 15 is 0 Å². The molecule has 1 aliphatic heterocycles. The van der Waals surface area contributed by atoms with E-state index < -0.39 is 0 Å². The van der Waals surface area contributed by atoms with Crippen molar-refractivity contribution in [1.82, 2.24) is 4.90 Å². The van der Waals surface area contributed by atoms with Crippen LogP contribution in [0.4, 0.5) is 0 Å². The lowest BCUT2D eigenvalue weighted by Gasteiger charge is -2.42. The molecule has 0 unspecified atom stereocenters. The minimum atomic E-state index is 1.09. The standard InChI is InChI=1S/C28H61N3/c1-6-7-8-9-10-11-12-13-14-15-16-17-18-19-20-21-25-31(5)27-23-29(24-28-31)22-26-30(2,3)4/h6-28H2,1-5H3/q+2. The van der Waals surface area contributed by atoms with Crippen LogP contribution >= 0.6 is 0 Å². The van der Waals surface area contributed by atoms with E-state index in [0.717, 1.165) is 4.48 Å². The zero-order valence-corrected chi connectivity index (χ0v) is 22.6. The van der Waals surface area contributed by atoms with Crippen LogP contribution in [0.1, 0.15) is 110 Å². The van der Waals surface area contributed by atoms with Gasteiger partial charge in [0.2, 0.25) is 0 Å². The fourth-order valence-corrected chi connectivity index (χ4v) is 4.92. The highest BCUT2D eigenvalue weighted by atomic mass is 15.4. The average molecular weight is 440 g/mol. The van der Waals surface area contributed by atoms with Crippen molar-refractivity contribution in [3.05, 3.63) is 0 Å². The third-order valence-corrected chi connectivity index (χ3v) is 7.55. The molecule has 1 saturated heterocycles. The average Bonchev–Trinajstić information content (AvgIpc) is 2.72. The van der Waals surface area contributed by atoms with E-state index in [1.807, 2.05) is 0 Å². The summed E-state index contributed by atoms with van der Waals surface area (Å²) in [5.41, 5.74) is 0. The zero-order chi connectivity index (χ0) is 22.8. The minimum absolute atomic E-state index is 1.09. The van der Waals surface area contributed by atoms with Gasteiger partial charge in [0, 0.05) is 19.6 Å². The Kier molecular flexibility index (Phi) is 16.2. The van der Waals surface area contributed by atoms with Crippen LogP contribution in [0.25, 0.3) is 0 Å². The summed E-state index contributed by atoms with van der Waals surface area (Å²) in [5.74, 6) is 0. The molecule has 3 heteroatoms. The van der Waals surface area contributed by atoms with Gasteiger partial charge in [-0.2, -0.15) is 0 Å². The maximum atomic E-state index is 2.69. The van der Waals surface area contributed by atoms with Crippen LogP contribution in [0.3, 0.4) is 0 Å². The number of hydrogen-bond donors (Lipinski definition) is 0. The molecule has 0 atom stereocenters. The predicted octanol–water partition coefficient (Wildman–Crippen LogP) is 6.72. The highest BCUT2D eigenvalue weighted by molar-refractivity contribution is 4.63. The number of quaternary nitrogens is 2. The Morgan fingerprint density at radius 1 is 0.613 bits per heavy atom. The van der Waals surface area contributed by atoms with E-state index in [9.17, 15) is 0 Å². The Hall–Kier alpha value is -0.120. The molecule has 186 valence electrons. The first-order chi connectivity index (χ1) is 14.8. The van der Waals surface area contributed by atoms with Crippen LogP contribution in [0.2, 0.25) is 0 Å². The van der Waals surface area contributed by atoms with Crippen LogP contribution in [-0.2, 0) is 0 Å². The van der Waals surface area contributed by atoms with Crippen LogP contribution in [0.15, 0.2) is 0 Å². The van der Waals surface area contributed by atoms with E-state index in [2.05, 4.69) is 40.0 Å². The van der Waals surface area contributed by atoms with Crippen LogP contribution < -0.4 is 0 Å². The molecule has 0 saturated carbocycles. The molecule has 1 fully saturated rings. The van der Waals surface area contributed by atoms with Crippen molar-refractivity contribution >= 4 is 0 Å². The van der Waals surface area contributed by atoms with Gasteiger partial charge in [0.1, 0.15) is 0 Å². The van der Waals surface area contributed by atoms with Gasteiger partial charge in [0.25, 0.3) is 0 Å². The first-order valence-corrected chi connectivity index (χ1v) is 14.2. The topological polar surface area (TPSA) is 3.24 Å². The van der Waals surface area contributed by atoms with Crippen molar-refractivity contribution in [2.75, 3.05) is 74.0 Å². The molecule has 0 radical (unpaired) electrons. The lowest BCUT2D eigenvalue weighted by atomic mass is 10.0. The normalized spacial score (nSPS) is 17.3.